The van der Waals surface area contributed by atoms with E-state index >= 15 is 0 Å². The molecular formula is C14H24FNO10. The van der Waals surface area contributed by atoms with Gasteiger partial charge in [-0.2, -0.15) is 0 Å². The molecule has 152 valence electrons. The second-order valence-corrected chi connectivity index (χ2v) is 6.22. The molecule has 2 heterocycles. The average Bonchev–Trinajstić information content (AvgIpc) is 2.60. The molecule has 26 heavy (non-hydrogen) atoms. The topological polar surface area (TPSA) is 178 Å². The molecule has 2 aliphatic heterocycles. The van der Waals surface area contributed by atoms with Crippen LogP contribution < -0.4 is 5.32 Å². The minimum Gasteiger partial charge on any atom is -0.394 e. The van der Waals surface area contributed by atoms with Crippen LogP contribution in [-0.2, 0) is 19.0 Å². The van der Waals surface area contributed by atoms with E-state index in [-0.39, 0.29) is 0 Å². The standard InChI is InChI=1S/C14H24FNO10/c1-4(19)16-7-9(21)12(6(3-18)24-13(7)15)26-14-11(23)10(22)8(20)5(2-17)25-14/h5-14,17-18,20-23H,2-3H2,1H3,(H,16,19)/t5-,6-,7-,8+,9-,10+,11-,12-,13?,14+/m1/s1. The fourth-order valence-corrected chi connectivity index (χ4v) is 2.94. The van der Waals surface area contributed by atoms with Crippen LogP contribution in [0.4, 0.5) is 4.39 Å². The smallest absolute Gasteiger partial charge is 0.222 e. The fraction of sp³-hybridized carbons (Fsp3) is 0.929. The first kappa shape index (κ1) is 21.3. The normalized spacial score (nSPS) is 46.8. The molecule has 1 amide bonds. The van der Waals surface area contributed by atoms with Crippen LogP contribution in [0.5, 0.6) is 0 Å². The van der Waals surface area contributed by atoms with Gasteiger partial charge in [-0.15, -0.1) is 0 Å². The van der Waals surface area contributed by atoms with Gasteiger partial charge >= 0.3 is 0 Å². The third-order valence-electron chi connectivity index (χ3n) is 4.35. The molecule has 0 bridgehead atoms. The summed E-state index contributed by atoms with van der Waals surface area (Å²) in [6.45, 7) is -0.351. The van der Waals surface area contributed by atoms with Crippen molar-refractivity contribution in [3.63, 3.8) is 0 Å². The van der Waals surface area contributed by atoms with E-state index < -0.39 is 80.5 Å². The van der Waals surface area contributed by atoms with Crippen LogP contribution in [0.1, 0.15) is 6.92 Å². The third-order valence-corrected chi connectivity index (χ3v) is 4.35. The molecule has 0 aliphatic carbocycles. The van der Waals surface area contributed by atoms with Crippen molar-refractivity contribution in [1.82, 2.24) is 5.32 Å². The van der Waals surface area contributed by atoms with Gasteiger partial charge in [0.2, 0.25) is 12.3 Å². The molecule has 2 aliphatic rings. The summed E-state index contributed by atoms with van der Waals surface area (Å²) in [5.41, 5.74) is 0. The SMILES string of the molecule is CC(=O)N[C@H]1C(F)O[C@H](CO)[C@@H](O[C@@H]2O[C@H](CO)[C@H](O)[C@H](O)[C@H]2O)[C@@H]1O. The number of rotatable bonds is 5. The highest BCUT2D eigenvalue weighted by molar-refractivity contribution is 5.73. The van der Waals surface area contributed by atoms with Crippen LogP contribution in [0, 0.1) is 0 Å². The predicted molar refractivity (Wildman–Crippen MR) is 79.1 cm³/mol. The van der Waals surface area contributed by atoms with Gasteiger partial charge < -0.3 is 50.2 Å². The largest absolute Gasteiger partial charge is 0.394 e. The maximum atomic E-state index is 14.0. The van der Waals surface area contributed by atoms with Gasteiger partial charge in [-0.05, 0) is 0 Å². The Bertz CT molecular complexity index is 483. The first-order valence-electron chi connectivity index (χ1n) is 8.02. The van der Waals surface area contributed by atoms with E-state index in [0.29, 0.717) is 0 Å². The van der Waals surface area contributed by atoms with Gasteiger partial charge in [0.15, 0.2) is 6.29 Å². The Morgan fingerprint density at radius 1 is 1.00 bits per heavy atom. The van der Waals surface area contributed by atoms with Crippen molar-refractivity contribution >= 4 is 5.91 Å². The number of hydrogen-bond donors (Lipinski definition) is 7. The first-order valence-corrected chi connectivity index (χ1v) is 8.02. The van der Waals surface area contributed by atoms with Crippen molar-refractivity contribution in [3.05, 3.63) is 0 Å². The molecule has 7 N–H and O–H groups in total. The van der Waals surface area contributed by atoms with E-state index in [1.165, 1.54) is 0 Å². The number of carbonyl (C=O) groups is 1. The average molecular weight is 385 g/mol. The minimum absolute atomic E-state index is 0.644. The summed E-state index contributed by atoms with van der Waals surface area (Å²) in [4.78, 5) is 11.2. The summed E-state index contributed by atoms with van der Waals surface area (Å²) in [6.07, 6.45) is -14.6. The van der Waals surface area contributed by atoms with Crippen molar-refractivity contribution < 1.29 is 54.0 Å². The number of hydrogen-bond acceptors (Lipinski definition) is 10. The Balaban J connectivity index is 2.16. The zero-order valence-corrected chi connectivity index (χ0v) is 13.9. The monoisotopic (exact) mass is 385 g/mol. The molecular weight excluding hydrogens is 361 g/mol. The number of amides is 1. The Hall–Kier alpha value is -0.960. The zero-order chi connectivity index (χ0) is 19.6. The quantitative estimate of drug-likeness (QED) is 0.245. The summed E-state index contributed by atoms with van der Waals surface area (Å²) in [5.74, 6) is -0.644. The van der Waals surface area contributed by atoms with Crippen LogP contribution in [-0.4, -0.2) is 111 Å². The van der Waals surface area contributed by atoms with E-state index in [0.717, 1.165) is 6.92 Å². The maximum Gasteiger partial charge on any atom is 0.222 e. The van der Waals surface area contributed by atoms with Crippen molar-refractivity contribution in [2.75, 3.05) is 13.2 Å². The highest BCUT2D eigenvalue weighted by atomic mass is 19.1. The number of aliphatic hydroxyl groups excluding tert-OH is 6. The number of aliphatic hydroxyl groups is 6. The number of ether oxygens (including phenoxy) is 3. The molecule has 0 saturated carbocycles. The summed E-state index contributed by atoms with van der Waals surface area (Å²) < 4.78 is 29.4. The predicted octanol–water partition coefficient (Wildman–Crippen LogP) is -4.28. The summed E-state index contributed by atoms with van der Waals surface area (Å²) in [5, 5.41) is 60.5. The number of halogens is 1. The lowest BCUT2D eigenvalue weighted by Crippen LogP contribution is -2.66. The van der Waals surface area contributed by atoms with Gasteiger partial charge in [-0.1, -0.05) is 0 Å². The van der Waals surface area contributed by atoms with E-state index in [9.17, 15) is 39.8 Å². The summed E-state index contributed by atoms with van der Waals surface area (Å²) >= 11 is 0. The summed E-state index contributed by atoms with van der Waals surface area (Å²) in [7, 11) is 0. The van der Waals surface area contributed by atoms with E-state index in [1.807, 2.05) is 0 Å². The minimum atomic E-state index is -2.12. The lowest BCUT2D eigenvalue weighted by Gasteiger charge is -2.45. The van der Waals surface area contributed by atoms with Crippen molar-refractivity contribution in [3.8, 4) is 0 Å². The second-order valence-electron chi connectivity index (χ2n) is 6.22. The molecule has 0 spiro atoms. The van der Waals surface area contributed by atoms with E-state index in [4.69, 9.17) is 14.2 Å². The van der Waals surface area contributed by atoms with Crippen molar-refractivity contribution in [2.45, 2.75) is 68.3 Å². The van der Waals surface area contributed by atoms with Gasteiger partial charge in [-0.25, -0.2) is 4.39 Å². The molecule has 1 unspecified atom stereocenters. The van der Waals surface area contributed by atoms with Gasteiger partial charge in [0.25, 0.3) is 0 Å². The molecule has 0 radical (unpaired) electrons. The third kappa shape index (κ3) is 4.30. The van der Waals surface area contributed by atoms with Crippen molar-refractivity contribution in [2.24, 2.45) is 0 Å². The van der Waals surface area contributed by atoms with Crippen LogP contribution in [0.15, 0.2) is 0 Å². The lowest BCUT2D eigenvalue weighted by atomic mass is 9.96. The van der Waals surface area contributed by atoms with Crippen LogP contribution in [0.2, 0.25) is 0 Å². The Labute approximate surface area is 147 Å². The Morgan fingerprint density at radius 2 is 1.62 bits per heavy atom. The molecule has 2 fully saturated rings. The molecule has 0 aromatic carbocycles. The fourth-order valence-electron chi connectivity index (χ4n) is 2.94. The van der Waals surface area contributed by atoms with Crippen LogP contribution in [0.3, 0.4) is 0 Å². The molecule has 11 nitrogen and oxygen atoms in total. The Kier molecular flexibility index (Phi) is 7.24. The number of carbonyl (C=O) groups excluding carboxylic acids is 1. The molecule has 2 saturated heterocycles. The summed E-state index contributed by atoms with van der Waals surface area (Å²) in [6, 6.07) is -1.51. The molecule has 0 aromatic heterocycles. The van der Waals surface area contributed by atoms with Gasteiger partial charge in [0, 0.05) is 6.92 Å². The van der Waals surface area contributed by atoms with Gasteiger partial charge in [-0.3, -0.25) is 4.79 Å². The Morgan fingerprint density at radius 3 is 2.15 bits per heavy atom. The molecule has 12 heteroatoms. The van der Waals surface area contributed by atoms with E-state index in [1.54, 1.807) is 0 Å². The van der Waals surface area contributed by atoms with Crippen LogP contribution in [0.25, 0.3) is 0 Å². The molecule has 10 atom stereocenters. The second kappa shape index (κ2) is 8.82. The number of alkyl halides is 1. The van der Waals surface area contributed by atoms with Crippen molar-refractivity contribution in [1.29, 1.82) is 0 Å². The zero-order valence-electron chi connectivity index (χ0n) is 13.9. The molecule has 0 aromatic rings. The van der Waals surface area contributed by atoms with Crippen LogP contribution >= 0.6 is 0 Å². The first-order chi connectivity index (χ1) is 12.2. The number of nitrogens with one attached hydrogen (secondary N) is 1. The van der Waals surface area contributed by atoms with E-state index in [2.05, 4.69) is 5.32 Å². The highest BCUT2D eigenvalue weighted by Gasteiger charge is 2.51. The maximum absolute atomic E-state index is 14.0. The molecule has 2 rings (SSSR count). The highest BCUT2D eigenvalue weighted by Crippen LogP contribution is 2.29. The lowest BCUT2D eigenvalue weighted by molar-refractivity contribution is -0.341. The van der Waals surface area contributed by atoms with Gasteiger partial charge in [0.05, 0.1) is 13.2 Å². The van der Waals surface area contributed by atoms with Gasteiger partial charge in [0.1, 0.15) is 48.8 Å².